The fourth-order valence-corrected chi connectivity index (χ4v) is 4.75. The van der Waals surface area contributed by atoms with Crippen LogP contribution < -0.4 is 30.7 Å². The Morgan fingerprint density at radius 2 is 1.73 bits per heavy atom. The third-order valence-electron chi connectivity index (χ3n) is 3.83. The van der Waals surface area contributed by atoms with Crippen LogP contribution in [0.25, 0.3) is 0 Å². The molecule has 2 aromatic carbocycles. The summed E-state index contributed by atoms with van der Waals surface area (Å²) in [5.74, 6) is 2.49. The van der Waals surface area contributed by atoms with Crippen LogP contribution in [0, 0.1) is 13.8 Å². The number of methoxy groups -OCH3 is 1. The van der Waals surface area contributed by atoms with Gasteiger partial charge in [0.25, 0.3) is 0 Å². The molecule has 0 saturated heterocycles. The summed E-state index contributed by atoms with van der Waals surface area (Å²) >= 11 is 0.158. The van der Waals surface area contributed by atoms with Crippen LogP contribution in [0.4, 0.5) is 0 Å². The molecule has 0 aliphatic heterocycles. The van der Waals surface area contributed by atoms with Crippen LogP contribution in [-0.2, 0) is 0 Å². The minimum atomic E-state index is 0.158. The molecule has 0 N–H and O–H groups in total. The summed E-state index contributed by atoms with van der Waals surface area (Å²) in [5, 5.41) is 0. The molecule has 0 aliphatic carbocycles. The van der Waals surface area contributed by atoms with Crippen LogP contribution >= 0.6 is 0 Å². The molecule has 22 heavy (non-hydrogen) atoms. The standard InChI is InChI=1S/C19H24IO2/c1-6-17(20-4)16-11-12-18(21-5)19(14(16)3)22-15-9-7-13(2)8-10-15/h7-12,17H,6H2,1-5H3/q-1. The molecule has 0 saturated carbocycles. The molecule has 0 aliphatic rings. The van der Waals surface area contributed by atoms with Crippen LogP contribution in [-0.4, -0.2) is 12.0 Å². The summed E-state index contributed by atoms with van der Waals surface area (Å²) in [7, 11) is 1.69. The first-order chi connectivity index (χ1) is 10.6. The summed E-state index contributed by atoms with van der Waals surface area (Å²) in [5.41, 5.74) is 3.83. The number of ether oxygens (including phenoxy) is 2. The first-order valence-corrected chi connectivity index (χ1v) is 10.9. The average Bonchev–Trinajstić information content (AvgIpc) is 2.54. The second kappa shape index (κ2) is 7.86. The number of hydrogen-bond acceptors (Lipinski definition) is 2. The summed E-state index contributed by atoms with van der Waals surface area (Å²) in [6.45, 7) is 6.48. The van der Waals surface area contributed by atoms with Gasteiger partial charge in [-0.15, -0.1) is 0 Å². The molecule has 0 radical (unpaired) electrons. The van der Waals surface area contributed by atoms with Crippen molar-refractivity contribution < 1.29 is 30.7 Å². The average molecular weight is 411 g/mol. The molecule has 0 fully saturated rings. The fraction of sp³-hybridized carbons (Fsp3) is 0.368. The number of aryl methyl sites for hydroxylation is 1. The molecule has 2 nitrogen and oxygen atoms in total. The molecule has 1 atom stereocenters. The Balaban J connectivity index is 2.43. The number of alkyl halides is 2. The number of hydrogen-bond donors (Lipinski definition) is 0. The third-order valence-corrected chi connectivity index (χ3v) is 6.89. The SMILES string of the molecule is CCC([I-]C)c1ccc(OC)c(Oc2ccc(C)cc2)c1C. The van der Waals surface area contributed by atoms with Crippen LogP contribution in [0.15, 0.2) is 36.4 Å². The van der Waals surface area contributed by atoms with Crippen LogP contribution in [0.5, 0.6) is 17.2 Å². The maximum absolute atomic E-state index is 6.15. The maximum atomic E-state index is 6.15. The van der Waals surface area contributed by atoms with E-state index in [9.17, 15) is 0 Å². The van der Waals surface area contributed by atoms with Crippen molar-refractivity contribution in [3.8, 4) is 17.2 Å². The van der Waals surface area contributed by atoms with E-state index in [1.807, 2.05) is 18.2 Å². The summed E-state index contributed by atoms with van der Waals surface area (Å²) in [6.07, 6.45) is 1.18. The van der Waals surface area contributed by atoms with E-state index >= 15 is 0 Å². The summed E-state index contributed by atoms with van der Waals surface area (Å²) in [6, 6.07) is 12.4. The zero-order valence-electron chi connectivity index (χ0n) is 13.9. The normalized spacial score (nSPS) is 12.2. The molecular weight excluding hydrogens is 387 g/mol. The Labute approximate surface area is 144 Å². The number of halogens is 1. The number of rotatable bonds is 6. The van der Waals surface area contributed by atoms with Crippen molar-refractivity contribution >= 4 is 0 Å². The monoisotopic (exact) mass is 411 g/mol. The van der Waals surface area contributed by atoms with Crippen molar-refractivity contribution in [1.82, 2.24) is 0 Å². The molecule has 1 unspecified atom stereocenters. The first-order valence-electron chi connectivity index (χ1n) is 7.50. The van der Waals surface area contributed by atoms with E-state index in [0.717, 1.165) is 17.2 Å². The van der Waals surface area contributed by atoms with E-state index in [-0.39, 0.29) is 21.2 Å². The van der Waals surface area contributed by atoms with Crippen molar-refractivity contribution in [1.29, 1.82) is 0 Å². The van der Waals surface area contributed by atoms with E-state index in [1.165, 1.54) is 23.1 Å². The van der Waals surface area contributed by atoms with E-state index in [0.29, 0.717) is 3.92 Å². The van der Waals surface area contributed by atoms with Gasteiger partial charge in [0.15, 0.2) is 0 Å². The molecule has 120 valence electrons. The van der Waals surface area contributed by atoms with Crippen molar-refractivity contribution in [2.24, 2.45) is 0 Å². The van der Waals surface area contributed by atoms with Crippen molar-refractivity contribution in [2.45, 2.75) is 31.1 Å². The van der Waals surface area contributed by atoms with Gasteiger partial charge in [-0.3, -0.25) is 0 Å². The molecule has 2 aromatic rings. The predicted octanol–water partition coefficient (Wildman–Crippen LogP) is 2.27. The van der Waals surface area contributed by atoms with Crippen LogP contribution in [0.1, 0.15) is 34.0 Å². The summed E-state index contributed by atoms with van der Waals surface area (Å²) in [4.78, 5) is 2.34. The van der Waals surface area contributed by atoms with Gasteiger partial charge in [0.05, 0.1) is 0 Å². The Morgan fingerprint density at radius 3 is 2.27 bits per heavy atom. The van der Waals surface area contributed by atoms with Gasteiger partial charge < -0.3 is 0 Å². The van der Waals surface area contributed by atoms with Gasteiger partial charge in [-0.1, -0.05) is 0 Å². The van der Waals surface area contributed by atoms with Crippen molar-refractivity contribution in [3.05, 3.63) is 53.1 Å². The van der Waals surface area contributed by atoms with E-state index in [1.54, 1.807) is 7.11 Å². The van der Waals surface area contributed by atoms with Gasteiger partial charge in [-0.25, -0.2) is 0 Å². The van der Waals surface area contributed by atoms with Gasteiger partial charge in [0, 0.05) is 0 Å². The minimum absolute atomic E-state index is 0.158. The third kappa shape index (κ3) is 3.75. The van der Waals surface area contributed by atoms with Gasteiger partial charge in [0.1, 0.15) is 0 Å². The van der Waals surface area contributed by atoms with Gasteiger partial charge in [-0.05, 0) is 0 Å². The summed E-state index contributed by atoms with van der Waals surface area (Å²) < 4.78 is 12.3. The molecule has 3 heteroatoms. The zero-order chi connectivity index (χ0) is 16.1. The molecule has 2 rings (SSSR count). The molecule has 0 heterocycles. The molecule has 0 bridgehead atoms. The van der Waals surface area contributed by atoms with E-state index in [4.69, 9.17) is 9.47 Å². The second-order valence-corrected chi connectivity index (χ2v) is 8.07. The molecule has 0 amide bonds. The van der Waals surface area contributed by atoms with Crippen molar-refractivity contribution in [2.75, 3.05) is 12.0 Å². The fourth-order valence-electron chi connectivity index (χ4n) is 2.52. The predicted molar refractivity (Wildman–Crippen MR) is 87.9 cm³/mol. The van der Waals surface area contributed by atoms with Gasteiger partial charge in [0.2, 0.25) is 0 Å². The topological polar surface area (TPSA) is 18.5 Å². The second-order valence-electron chi connectivity index (χ2n) is 5.32. The van der Waals surface area contributed by atoms with Crippen molar-refractivity contribution in [3.63, 3.8) is 0 Å². The zero-order valence-corrected chi connectivity index (χ0v) is 16.1. The van der Waals surface area contributed by atoms with Crippen LogP contribution in [0.2, 0.25) is 0 Å². The quantitative estimate of drug-likeness (QED) is 0.537. The molecular formula is C19H24IO2-. The Hall–Kier alpha value is -1.23. The van der Waals surface area contributed by atoms with Gasteiger partial charge in [-0.2, -0.15) is 0 Å². The van der Waals surface area contributed by atoms with Gasteiger partial charge >= 0.3 is 144 Å². The van der Waals surface area contributed by atoms with Crippen LogP contribution in [0.3, 0.4) is 0 Å². The molecule has 0 spiro atoms. The molecule has 0 aromatic heterocycles. The van der Waals surface area contributed by atoms with E-state index in [2.05, 4.69) is 43.9 Å². The van der Waals surface area contributed by atoms with E-state index < -0.39 is 0 Å². The first kappa shape index (κ1) is 17.1. The number of benzene rings is 2. The Morgan fingerprint density at radius 1 is 1.05 bits per heavy atom. The Kier molecular flexibility index (Phi) is 6.12. The Bertz CT molecular complexity index is 616.